The van der Waals surface area contributed by atoms with Gasteiger partial charge in [-0.25, -0.2) is 9.59 Å². The summed E-state index contributed by atoms with van der Waals surface area (Å²) in [6.45, 7) is 9.91. The number of halogens is 6. The molecule has 0 radical (unpaired) electrons. The summed E-state index contributed by atoms with van der Waals surface area (Å²) in [6.07, 6.45) is -7.54. The van der Waals surface area contributed by atoms with Gasteiger partial charge in [0.15, 0.2) is 5.60 Å². The lowest BCUT2D eigenvalue weighted by molar-refractivity contribution is -0.383. The standard InChI is InChI=1S/C19H27F3O3.C10H13F3O4/c1-10(2)17(23)25-16(18(3,24)19(20,21)22)9-15-13-5-11-4-12(7-13)8-14(15)6-11;1-6(2)8(14)17-7-3-4-16-9(15,5-7)10(11,12)13/h11-16,24H,1,4-9H2,2-3H3;7,15H,1,3-5H2,2H3. The van der Waals surface area contributed by atoms with Crippen LogP contribution in [0.25, 0.3) is 0 Å². The van der Waals surface area contributed by atoms with Crippen molar-refractivity contribution >= 4 is 11.9 Å². The lowest BCUT2D eigenvalue weighted by atomic mass is 9.51. The molecule has 4 atom stereocenters. The van der Waals surface area contributed by atoms with Crippen molar-refractivity contribution in [3.05, 3.63) is 24.3 Å². The predicted molar refractivity (Wildman–Crippen MR) is 137 cm³/mol. The third-order valence-electron chi connectivity index (χ3n) is 9.06. The molecule has 5 fully saturated rings. The van der Waals surface area contributed by atoms with Gasteiger partial charge < -0.3 is 24.4 Å². The molecule has 1 heterocycles. The van der Waals surface area contributed by atoms with Crippen LogP contribution in [0.15, 0.2) is 24.3 Å². The third-order valence-corrected chi connectivity index (χ3v) is 9.06. The SMILES string of the molecule is C=C(C)C(=O)OC(CC1C2CC3CC(C2)CC1C3)C(C)(O)C(F)(F)F.C=C(C)C(=O)OC1CCOC(O)(C(F)(F)F)C1. The summed E-state index contributed by atoms with van der Waals surface area (Å²) in [5, 5.41) is 19.4. The van der Waals surface area contributed by atoms with Crippen molar-refractivity contribution in [3.63, 3.8) is 0 Å². The first-order chi connectivity index (χ1) is 19.1. The fraction of sp³-hybridized carbons (Fsp3) is 0.793. The molecule has 5 rings (SSSR count). The number of carbonyl (C=O) groups is 2. The summed E-state index contributed by atoms with van der Waals surface area (Å²) < 4.78 is 91.7. The van der Waals surface area contributed by atoms with E-state index in [1.807, 2.05) is 0 Å². The summed E-state index contributed by atoms with van der Waals surface area (Å²) >= 11 is 0. The Morgan fingerprint density at radius 2 is 1.45 bits per heavy atom. The molecule has 1 aliphatic heterocycles. The number of carbonyl (C=O) groups excluding carboxylic acids is 2. The average Bonchev–Trinajstić information content (AvgIpc) is 2.83. The molecule has 5 aliphatic rings. The van der Waals surface area contributed by atoms with E-state index in [4.69, 9.17) is 9.47 Å². The van der Waals surface area contributed by atoms with Crippen molar-refractivity contribution in [1.82, 2.24) is 0 Å². The lowest BCUT2D eigenvalue weighted by Gasteiger charge is -2.55. The number of ether oxygens (including phenoxy) is 3. The number of rotatable bonds is 7. The third kappa shape index (κ3) is 7.68. The summed E-state index contributed by atoms with van der Waals surface area (Å²) in [5.41, 5.74) is -2.94. The van der Waals surface area contributed by atoms with Gasteiger partial charge in [-0.1, -0.05) is 13.2 Å². The Hall–Kier alpha value is -2.12. The normalized spacial score (nSPS) is 34.4. The van der Waals surface area contributed by atoms with E-state index in [1.54, 1.807) is 0 Å². The quantitative estimate of drug-likeness (QED) is 0.213. The topological polar surface area (TPSA) is 102 Å². The van der Waals surface area contributed by atoms with Crippen molar-refractivity contribution in [2.75, 3.05) is 6.61 Å². The van der Waals surface area contributed by atoms with Crippen LogP contribution in [0.3, 0.4) is 0 Å². The molecule has 7 nitrogen and oxygen atoms in total. The van der Waals surface area contributed by atoms with E-state index in [0.717, 1.165) is 25.7 Å². The molecule has 4 aliphatic carbocycles. The second-order valence-electron chi connectivity index (χ2n) is 12.6. The van der Waals surface area contributed by atoms with E-state index < -0.39 is 54.3 Å². The minimum absolute atomic E-state index is 0.0352. The highest BCUT2D eigenvalue weighted by molar-refractivity contribution is 5.87. The number of aliphatic hydroxyl groups is 2. The smallest absolute Gasteiger partial charge is 0.443 e. The van der Waals surface area contributed by atoms with Gasteiger partial charge in [0.2, 0.25) is 0 Å². The Morgan fingerprint density at radius 1 is 0.952 bits per heavy atom. The van der Waals surface area contributed by atoms with Crippen LogP contribution < -0.4 is 0 Å². The fourth-order valence-electron chi connectivity index (χ4n) is 6.85. The lowest BCUT2D eigenvalue weighted by Crippen LogP contribution is -2.56. The summed E-state index contributed by atoms with van der Waals surface area (Å²) in [5.74, 6) is -2.61. The maximum atomic E-state index is 13.4. The van der Waals surface area contributed by atoms with Crippen LogP contribution in [0.1, 0.15) is 72.1 Å². The van der Waals surface area contributed by atoms with E-state index in [-0.39, 0.29) is 36.5 Å². The van der Waals surface area contributed by atoms with Crippen LogP contribution >= 0.6 is 0 Å². The zero-order chi connectivity index (χ0) is 31.8. The zero-order valence-corrected chi connectivity index (χ0v) is 24.0. The summed E-state index contributed by atoms with van der Waals surface area (Å²) in [7, 11) is 0. The fourth-order valence-corrected chi connectivity index (χ4v) is 6.85. The minimum atomic E-state index is -4.92. The Kier molecular flexibility index (Phi) is 10.2. The summed E-state index contributed by atoms with van der Waals surface area (Å²) in [6, 6.07) is 0. The van der Waals surface area contributed by atoms with Gasteiger partial charge in [0, 0.05) is 24.0 Å². The van der Waals surface area contributed by atoms with E-state index in [0.29, 0.717) is 30.6 Å². The first-order valence-corrected chi connectivity index (χ1v) is 14.1. The maximum absolute atomic E-state index is 13.4. The van der Waals surface area contributed by atoms with Crippen LogP contribution in [-0.2, 0) is 23.8 Å². The van der Waals surface area contributed by atoms with Crippen LogP contribution in [0, 0.1) is 29.6 Å². The highest BCUT2D eigenvalue weighted by Gasteiger charge is 2.60. The van der Waals surface area contributed by atoms with Gasteiger partial charge in [-0.05, 0) is 88.9 Å². The number of esters is 2. The van der Waals surface area contributed by atoms with Crippen LogP contribution in [0.2, 0.25) is 0 Å². The van der Waals surface area contributed by atoms with E-state index in [1.165, 1.54) is 20.3 Å². The largest absolute Gasteiger partial charge is 0.459 e. The van der Waals surface area contributed by atoms with Crippen molar-refractivity contribution in [2.24, 2.45) is 29.6 Å². The van der Waals surface area contributed by atoms with Crippen molar-refractivity contribution in [1.29, 1.82) is 0 Å². The van der Waals surface area contributed by atoms with E-state index >= 15 is 0 Å². The van der Waals surface area contributed by atoms with Crippen molar-refractivity contribution < 1.29 is 60.4 Å². The molecule has 0 aromatic rings. The molecular weight excluding hydrogens is 574 g/mol. The Bertz CT molecular complexity index is 1010. The second kappa shape index (κ2) is 12.5. The van der Waals surface area contributed by atoms with Gasteiger partial charge in [-0.15, -0.1) is 0 Å². The number of hydrogen-bond acceptors (Lipinski definition) is 7. The molecule has 42 heavy (non-hydrogen) atoms. The summed E-state index contributed by atoms with van der Waals surface area (Å²) in [4.78, 5) is 23.0. The maximum Gasteiger partial charge on any atom is 0.443 e. The molecule has 1 saturated heterocycles. The number of alkyl halides is 6. The number of hydrogen-bond donors (Lipinski definition) is 2. The zero-order valence-electron chi connectivity index (χ0n) is 24.0. The predicted octanol–water partition coefficient (Wildman–Crippen LogP) is 5.79. The van der Waals surface area contributed by atoms with Gasteiger partial charge >= 0.3 is 24.3 Å². The highest BCUT2D eigenvalue weighted by Crippen LogP contribution is 2.58. The van der Waals surface area contributed by atoms with E-state index in [2.05, 4.69) is 17.9 Å². The molecule has 0 spiro atoms. The molecule has 4 bridgehead atoms. The van der Waals surface area contributed by atoms with Gasteiger partial charge in [0.25, 0.3) is 5.79 Å². The molecule has 4 saturated carbocycles. The minimum Gasteiger partial charge on any atom is -0.459 e. The van der Waals surface area contributed by atoms with Crippen LogP contribution in [-0.4, -0.2) is 64.7 Å². The Morgan fingerprint density at radius 3 is 1.88 bits per heavy atom. The van der Waals surface area contributed by atoms with E-state index in [9.17, 15) is 46.1 Å². The van der Waals surface area contributed by atoms with Gasteiger partial charge in [0.05, 0.1) is 6.61 Å². The Balaban J connectivity index is 0.000000250. The monoisotopic (exact) mass is 614 g/mol. The molecule has 2 N–H and O–H groups in total. The van der Waals surface area contributed by atoms with Gasteiger partial charge in [-0.2, -0.15) is 26.3 Å². The molecule has 0 aromatic carbocycles. The first-order valence-electron chi connectivity index (χ1n) is 14.1. The van der Waals surface area contributed by atoms with Gasteiger partial charge in [-0.3, -0.25) is 0 Å². The molecule has 0 aromatic heterocycles. The second-order valence-corrected chi connectivity index (χ2v) is 12.6. The first kappa shape index (κ1) is 34.4. The molecule has 240 valence electrons. The molecule has 0 amide bonds. The molecule has 13 heteroatoms. The Labute approximate surface area is 241 Å². The van der Waals surface area contributed by atoms with Gasteiger partial charge in [0.1, 0.15) is 12.2 Å². The average molecular weight is 615 g/mol. The van der Waals surface area contributed by atoms with Crippen molar-refractivity contribution in [2.45, 2.75) is 108 Å². The van der Waals surface area contributed by atoms with Crippen molar-refractivity contribution in [3.8, 4) is 0 Å². The van der Waals surface area contributed by atoms with Crippen LogP contribution in [0.5, 0.6) is 0 Å². The molecule has 4 unspecified atom stereocenters. The molecular formula is C29H40F6O7. The highest BCUT2D eigenvalue weighted by atomic mass is 19.4. The van der Waals surface area contributed by atoms with Crippen LogP contribution in [0.4, 0.5) is 26.3 Å².